The molecule has 2 aromatic rings. The summed E-state index contributed by atoms with van der Waals surface area (Å²) in [5, 5.41) is 0.684. The van der Waals surface area contributed by atoms with Gasteiger partial charge in [-0.1, -0.05) is 23.5 Å². The van der Waals surface area contributed by atoms with Crippen molar-refractivity contribution in [2.24, 2.45) is 5.92 Å². The third kappa shape index (κ3) is 3.96. The van der Waals surface area contributed by atoms with Gasteiger partial charge in [-0.3, -0.25) is 4.79 Å². The van der Waals surface area contributed by atoms with Crippen molar-refractivity contribution < 1.29 is 23.5 Å². The van der Waals surface area contributed by atoms with E-state index in [-0.39, 0.29) is 17.6 Å². The monoisotopic (exact) mass is 364 g/mol. The van der Waals surface area contributed by atoms with E-state index < -0.39 is 11.8 Å². The van der Waals surface area contributed by atoms with Gasteiger partial charge in [0.25, 0.3) is 0 Å². The van der Waals surface area contributed by atoms with Crippen molar-refractivity contribution in [1.82, 2.24) is 4.98 Å². The molecule has 0 N–H and O–H groups in total. The first kappa shape index (κ1) is 17.3. The van der Waals surface area contributed by atoms with Gasteiger partial charge in [0, 0.05) is 13.1 Å². The van der Waals surface area contributed by atoms with Gasteiger partial charge in [0.15, 0.2) is 16.7 Å². The molecule has 1 aromatic carbocycles. The molecule has 2 heterocycles. The largest absolute Gasteiger partial charge is 0.469 e. The predicted octanol–water partition coefficient (Wildman–Crippen LogP) is 2.89. The molecule has 0 saturated carbocycles. The van der Waals surface area contributed by atoms with Crippen LogP contribution in [0.5, 0.6) is 5.75 Å². The van der Waals surface area contributed by atoms with Crippen LogP contribution in [0, 0.1) is 11.7 Å². The zero-order valence-electron chi connectivity index (χ0n) is 13.6. The Labute approximate surface area is 148 Å². The SMILES string of the molecule is COC(=O)C1CCN(c2ncc(C(=O)Oc3ccccc3F)s2)CC1. The number of anilines is 1. The van der Waals surface area contributed by atoms with E-state index in [2.05, 4.69) is 4.98 Å². The molecule has 0 atom stereocenters. The molecule has 1 aliphatic rings. The maximum absolute atomic E-state index is 13.6. The van der Waals surface area contributed by atoms with Crippen molar-refractivity contribution in [1.29, 1.82) is 0 Å². The molecule has 1 aromatic heterocycles. The van der Waals surface area contributed by atoms with E-state index in [1.807, 2.05) is 4.90 Å². The fraction of sp³-hybridized carbons (Fsp3) is 0.353. The molecule has 132 valence electrons. The van der Waals surface area contributed by atoms with Gasteiger partial charge in [-0.05, 0) is 25.0 Å². The maximum atomic E-state index is 13.6. The minimum absolute atomic E-state index is 0.0910. The summed E-state index contributed by atoms with van der Waals surface area (Å²) in [6.45, 7) is 1.32. The number of piperidine rings is 1. The normalized spacial score (nSPS) is 15.0. The van der Waals surface area contributed by atoms with E-state index in [1.54, 1.807) is 6.07 Å². The minimum Gasteiger partial charge on any atom is -0.469 e. The van der Waals surface area contributed by atoms with Crippen LogP contribution in [0.1, 0.15) is 22.5 Å². The van der Waals surface area contributed by atoms with Gasteiger partial charge in [0.1, 0.15) is 4.88 Å². The summed E-state index contributed by atoms with van der Waals surface area (Å²) in [6, 6.07) is 5.74. The number of ether oxygens (including phenoxy) is 2. The highest BCUT2D eigenvalue weighted by Crippen LogP contribution is 2.28. The first-order valence-electron chi connectivity index (χ1n) is 7.84. The lowest BCUT2D eigenvalue weighted by molar-refractivity contribution is -0.146. The van der Waals surface area contributed by atoms with E-state index in [4.69, 9.17) is 9.47 Å². The number of benzene rings is 1. The van der Waals surface area contributed by atoms with Gasteiger partial charge in [0.05, 0.1) is 19.2 Å². The minimum atomic E-state index is -0.640. The lowest BCUT2D eigenvalue weighted by atomic mass is 9.97. The standard InChI is InChI=1S/C17H17FN2O4S/c1-23-15(21)11-6-8-20(9-7-11)17-19-10-14(25-17)16(22)24-13-5-3-2-4-12(13)18/h2-5,10-11H,6-9H2,1H3. The molecule has 0 amide bonds. The molecule has 1 fully saturated rings. The lowest BCUT2D eigenvalue weighted by Crippen LogP contribution is -2.36. The molecular weight excluding hydrogens is 347 g/mol. The molecular formula is C17H17FN2O4S. The fourth-order valence-electron chi connectivity index (χ4n) is 2.66. The smallest absolute Gasteiger partial charge is 0.355 e. The van der Waals surface area contributed by atoms with Crippen LogP contribution in [0.3, 0.4) is 0 Å². The number of carbonyl (C=O) groups excluding carboxylic acids is 2. The van der Waals surface area contributed by atoms with Crippen molar-refractivity contribution in [3.8, 4) is 5.75 Å². The first-order valence-corrected chi connectivity index (χ1v) is 8.65. The number of nitrogens with zero attached hydrogens (tertiary/aromatic N) is 2. The first-order chi connectivity index (χ1) is 12.1. The molecule has 6 nitrogen and oxygen atoms in total. The second-order valence-electron chi connectivity index (χ2n) is 5.61. The van der Waals surface area contributed by atoms with E-state index in [1.165, 1.54) is 42.8 Å². The van der Waals surface area contributed by atoms with Gasteiger partial charge < -0.3 is 14.4 Å². The molecule has 3 rings (SSSR count). The number of rotatable bonds is 4. The van der Waals surface area contributed by atoms with Crippen LogP contribution < -0.4 is 9.64 Å². The van der Waals surface area contributed by atoms with Gasteiger partial charge in [-0.25, -0.2) is 14.2 Å². The Morgan fingerprint density at radius 3 is 2.68 bits per heavy atom. The van der Waals surface area contributed by atoms with Crippen LogP contribution in [0.25, 0.3) is 0 Å². The van der Waals surface area contributed by atoms with Crippen LogP contribution in [0.15, 0.2) is 30.5 Å². The van der Waals surface area contributed by atoms with Crippen LogP contribution in [-0.4, -0.2) is 37.1 Å². The Morgan fingerprint density at radius 2 is 2.00 bits per heavy atom. The summed E-state index contributed by atoms with van der Waals surface area (Å²) in [5.41, 5.74) is 0. The Balaban J connectivity index is 1.62. The van der Waals surface area contributed by atoms with Gasteiger partial charge in [-0.2, -0.15) is 0 Å². The topological polar surface area (TPSA) is 68.7 Å². The molecule has 1 aliphatic heterocycles. The average molecular weight is 364 g/mol. The zero-order valence-corrected chi connectivity index (χ0v) is 14.4. The highest BCUT2D eigenvalue weighted by atomic mass is 32.1. The molecule has 8 heteroatoms. The van der Waals surface area contributed by atoms with E-state index in [9.17, 15) is 14.0 Å². The summed E-state index contributed by atoms with van der Waals surface area (Å²) in [6.07, 6.45) is 2.79. The molecule has 0 spiro atoms. The summed E-state index contributed by atoms with van der Waals surface area (Å²) < 4.78 is 23.4. The maximum Gasteiger partial charge on any atom is 0.355 e. The van der Waals surface area contributed by atoms with Crippen molar-refractivity contribution >= 4 is 28.4 Å². The number of aromatic nitrogens is 1. The molecule has 1 saturated heterocycles. The summed E-state index contributed by atoms with van der Waals surface area (Å²) >= 11 is 1.19. The molecule has 0 bridgehead atoms. The quantitative estimate of drug-likeness (QED) is 0.614. The second-order valence-corrected chi connectivity index (χ2v) is 6.62. The lowest BCUT2D eigenvalue weighted by Gasteiger charge is -2.30. The molecule has 0 aliphatic carbocycles. The Hall–Kier alpha value is -2.48. The van der Waals surface area contributed by atoms with E-state index >= 15 is 0 Å². The van der Waals surface area contributed by atoms with E-state index in [0.717, 1.165) is 0 Å². The van der Waals surface area contributed by atoms with Crippen LogP contribution in [0.4, 0.5) is 9.52 Å². The van der Waals surface area contributed by atoms with Gasteiger partial charge in [-0.15, -0.1) is 0 Å². The van der Waals surface area contributed by atoms with Gasteiger partial charge in [0.2, 0.25) is 0 Å². The molecule has 0 radical (unpaired) electrons. The number of para-hydroxylation sites is 1. The van der Waals surface area contributed by atoms with Gasteiger partial charge >= 0.3 is 11.9 Å². The number of halogens is 1. The van der Waals surface area contributed by atoms with Crippen molar-refractivity contribution in [2.45, 2.75) is 12.8 Å². The van der Waals surface area contributed by atoms with Crippen LogP contribution in [0.2, 0.25) is 0 Å². The average Bonchev–Trinajstić information content (AvgIpc) is 3.13. The zero-order chi connectivity index (χ0) is 17.8. The Kier molecular flexibility index (Phi) is 5.28. The second kappa shape index (κ2) is 7.60. The third-order valence-corrected chi connectivity index (χ3v) is 5.07. The summed E-state index contributed by atoms with van der Waals surface area (Å²) in [7, 11) is 1.39. The third-order valence-electron chi connectivity index (χ3n) is 4.03. The molecule has 25 heavy (non-hydrogen) atoms. The van der Waals surface area contributed by atoms with Crippen molar-refractivity contribution in [2.75, 3.05) is 25.1 Å². The number of hydrogen-bond donors (Lipinski definition) is 0. The van der Waals surface area contributed by atoms with Crippen LogP contribution in [-0.2, 0) is 9.53 Å². The number of esters is 2. The summed E-state index contributed by atoms with van der Waals surface area (Å²) in [5.74, 6) is -1.62. The van der Waals surface area contributed by atoms with Crippen LogP contribution >= 0.6 is 11.3 Å². The predicted molar refractivity (Wildman–Crippen MR) is 90.4 cm³/mol. The Morgan fingerprint density at radius 1 is 1.28 bits per heavy atom. The van der Waals surface area contributed by atoms with Crippen molar-refractivity contribution in [3.05, 3.63) is 41.2 Å². The number of hydrogen-bond acceptors (Lipinski definition) is 7. The summed E-state index contributed by atoms with van der Waals surface area (Å²) in [4.78, 5) is 30.3. The highest BCUT2D eigenvalue weighted by molar-refractivity contribution is 7.17. The number of carbonyl (C=O) groups is 2. The fourth-order valence-corrected chi connectivity index (χ4v) is 3.50. The number of thiazole rings is 1. The van der Waals surface area contributed by atoms with Crippen molar-refractivity contribution in [3.63, 3.8) is 0 Å². The van der Waals surface area contributed by atoms with E-state index in [0.29, 0.717) is 35.9 Å². The molecule has 0 unspecified atom stereocenters. The number of methoxy groups -OCH3 is 1. The highest BCUT2D eigenvalue weighted by Gasteiger charge is 2.27. The Bertz CT molecular complexity index is 772.